The molecule has 1 atom stereocenters. The highest BCUT2D eigenvalue weighted by Gasteiger charge is 2.30. The number of hydrogen-bond acceptors (Lipinski definition) is 1. The van der Waals surface area contributed by atoms with Gasteiger partial charge in [0.15, 0.2) is 0 Å². The Hall–Kier alpha value is -1.02. The maximum atomic E-state index is 12.2. The van der Waals surface area contributed by atoms with E-state index in [9.17, 15) is 13.2 Å². The van der Waals surface area contributed by atoms with Crippen molar-refractivity contribution in [3.63, 3.8) is 0 Å². The standard InChI is InChI=1S/C10H7BrF3N/c11-5-8(6-15)7-1-3-9(4-2-7)10(12,13)14/h1-4,8H,5H2. The lowest BCUT2D eigenvalue weighted by molar-refractivity contribution is -0.137. The van der Waals surface area contributed by atoms with Crippen molar-refractivity contribution in [1.29, 1.82) is 5.26 Å². The Labute approximate surface area is 93.6 Å². The first-order valence-electron chi connectivity index (χ1n) is 4.11. The first-order chi connectivity index (χ1) is 6.99. The van der Waals surface area contributed by atoms with Gasteiger partial charge in [-0.2, -0.15) is 18.4 Å². The van der Waals surface area contributed by atoms with E-state index >= 15 is 0 Å². The third kappa shape index (κ3) is 2.96. The smallest absolute Gasteiger partial charge is 0.198 e. The fourth-order valence-corrected chi connectivity index (χ4v) is 1.62. The van der Waals surface area contributed by atoms with Crippen LogP contribution < -0.4 is 0 Å². The molecule has 1 aromatic carbocycles. The van der Waals surface area contributed by atoms with E-state index in [0.29, 0.717) is 10.9 Å². The predicted octanol–water partition coefficient (Wildman–Crippen LogP) is 3.71. The van der Waals surface area contributed by atoms with E-state index in [-0.39, 0.29) is 0 Å². The van der Waals surface area contributed by atoms with Gasteiger partial charge in [0.05, 0.1) is 17.6 Å². The average molecular weight is 278 g/mol. The number of rotatable bonds is 2. The Balaban J connectivity index is 2.96. The molecule has 0 saturated heterocycles. The molecule has 15 heavy (non-hydrogen) atoms. The van der Waals surface area contributed by atoms with Crippen molar-refractivity contribution in [1.82, 2.24) is 0 Å². The quantitative estimate of drug-likeness (QED) is 0.756. The summed E-state index contributed by atoms with van der Waals surface area (Å²) in [5.74, 6) is -0.410. The second kappa shape index (κ2) is 4.67. The van der Waals surface area contributed by atoms with Crippen molar-refractivity contribution < 1.29 is 13.2 Å². The normalized spacial score (nSPS) is 13.3. The fraction of sp³-hybridized carbons (Fsp3) is 0.300. The van der Waals surface area contributed by atoms with E-state index < -0.39 is 17.7 Å². The van der Waals surface area contributed by atoms with Crippen LogP contribution in [0.5, 0.6) is 0 Å². The lowest BCUT2D eigenvalue weighted by Crippen LogP contribution is -2.05. The van der Waals surface area contributed by atoms with Gasteiger partial charge in [-0.25, -0.2) is 0 Å². The maximum Gasteiger partial charge on any atom is 0.416 e. The molecule has 1 aromatic rings. The van der Waals surface area contributed by atoms with Crippen molar-refractivity contribution in [2.24, 2.45) is 0 Å². The van der Waals surface area contributed by atoms with E-state index in [1.807, 2.05) is 6.07 Å². The zero-order valence-corrected chi connectivity index (χ0v) is 9.14. The lowest BCUT2D eigenvalue weighted by Gasteiger charge is -2.09. The number of alkyl halides is 4. The fourth-order valence-electron chi connectivity index (χ4n) is 1.10. The minimum absolute atomic E-state index is 0.410. The highest BCUT2D eigenvalue weighted by atomic mass is 79.9. The zero-order chi connectivity index (χ0) is 11.5. The van der Waals surface area contributed by atoms with Crippen LogP contribution in [0.1, 0.15) is 17.0 Å². The molecular weight excluding hydrogens is 271 g/mol. The highest BCUT2D eigenvalue weighted by molar-refractivity contribution is 9.09. The number of hydrogen-bond donors (Lipinski definition) is 0. The summed E-state index contributed by atoms with van der Waals surface area (Å²) in [6, 6.07) is 6.64. The number of halogens is 4. The summed E-state index contributed by atoms with van der Waals surface area (Å²) in [5, 5.41) is 9.12. The van der Waals surface area contributed by atoms with Crippen LogP contribution in [0.4, 0.5) is 13.2 Å². The van der Waals surface area contributed by atoms with Crippen molar-refractivity contribution in [2.45, 2.75) is 12.1 Å². The van der Waals surface area contributed by atoms with Gasteiger partial charge in [-0.05, 0) is 17.7 Å². The summed E-state index contributed by atoms with van der Waals surface area (Å²) in [7, 11) is 0. The summed E-state index contributed by atoms with van der Waals surface area (Å²) in [6.45, 7) is 0. The van der Waals surface area contributed by atoms with Crippen molar-refractivity contribution in [2.75, 3.05) is 5.33 Å². The van der Waals surface area contributed by atoms with Crippen LogP contribution in [-0.4, -0.2) is 5.33 Å². The van der Waals surface area contributed by atoms with Gasteiger partial charge < -0.3 is 0 Å². The van der Waals surface area contributed by atoms with Crippen molar-refractivity contribution >= 4 is 15.9 Å². The molecule has 0 saturated carbocycles. The molecule has 1 nitrogen and oxygen atoms in total. The zero-order valence-electron chi connectivity index (χ0n) is 7.55. The van der Waals surface area contributed by atoms with Crippen LogP contribution in [0, 0.1) is 11.3 Å². The van der Waals surface area contributed by atoms with Gasteiger partial charge >= 0.3 is 6.18 Å². The van der Waals surface area contributed by atoms with Gasteiger partial charge in [-0.1, -0.05) is 28.1 Å². The molecule has 0 radical (unpaired) electrons. The minimum atomic E-state index is -4.32. The Bertz CT molecular complexity index is 364. The van der Waals surface area contributed by atoms with E-state index in [1.54, 1.807) is 0 Å². The monoisotopic (exact) mass is 277 g/mol. The molecule has 0 aliphatic heterocycles. The molecule has 0 bridgehead atoms. The number of nitriles is 1. The van der Waals surface area contributed by atoms with Crippen LogP contribution in [-0.2, 0) is 6.18 Å². The van der Waals surface area contributed by atoms with E-state index in [4.69, 9.17) is 5.26 Å². The Morgan fingerprint density at radius 1 is 1.27 bits per heavy atom. The topological polar surface area (TPSA) is 23.8 Å². The summed E-state index contributed by atoms with van der Waals surface area (Å²) in [6.07, 6.45) is -4.32. The average Bonchev–Trinajstić information content (AvgIpc) is 2.19. The summed E-state index contributed by atoms with van der Waals surface area (Å²) in [4.78, 5) is 0. The molecule has 1 rings (SSSR count). The Kier molecular flexibility index (Phi) is 3.75. The molecule has 0 amide bonds. The van der Waals surface area contributed by atoms with Crippen LogP contribution >= 0.6 is 15.9 Å². The molecule has 1 unspecified atom stereocenters. The van der Waals surface area contributed by atoms with Crippen molar-refractivity contribution in [3.8, 4) is 6.07 Å². The summed E-state index contributed by atoms with van der Waals surface area (Å²) in [5.41, 5.74) is -0.111. The molecule has 5 heteroatoms. The van der Waals surface area contributed by atoms with Crippen LogP contribution in [0.15, 0.2) is 24.3 Å². The van der Waals surface area contributed by atoms with Gasteiger partial charge in [0.1, 0.15) is 0 Å². The van der Waals surface area contributed by atoms with Gasteiger partial charge in [-0.15, -0.1) is 0 Å². The van der Waals surface area contributed by atoms with E-state index in [1.165, 1.54) is 12.1 Å². The predicted molar refractivity (Wildman–Crippen MR) is 53.6 cm³/mol. The third-order valence-corrected chi connectivity index (χ3v) is 2.60. The first kappa shape index (κ1) is 12.1. The molecule has 80 valence electrons. The molecule has 0 N–H and O–H groups in total. The maximum absolute atomic E-state index is 12.2. The molecule has 0 heterocycles. The minimum Gasteiger partial charge on any atom is -0.198 e. The summed E-state index contributed by atoms with van der Waals surface area (Å²) >= 11 is 3.13. The second-order valence-corrected chi connectivity index (χ2v) is 3.60. The van der Waals surface area contributed by atoms with E-state index in [2.05, 4.69) is 15.9 Å². The van der Waals surface area contributed by atoms with Gasteiger partial charge in [0.2, 0.25) is 0 Å². The second-order valence-electron chi connectivity index (χ2n) is 2.96. The molecule has 0 aliphatic carbocycles. The van der Waals surface area contributed by atoms with E-state index in [0.717, 1.165) is 12.1 Å². The molecular formula is C10H7BrF3N. The lowest BCUT2D eigenvalue weighted by atomic mass is 10.0. The molecule has 0 spiro atoms. The Morgan fingerprint density at radius 3 is 2.13 bits per heavy atom. The largest absolute Gasteiger partial charge is 0.416 e. The van der Waals surface area contributed by atoms with Gasteiger partial charge in [-0.3, -0.25) is 0 Å². The number of benzene rings is 1. The first-order valence-corrected chi connectivity index (χ1v) is 5.24. The van der Waals surface area contributed by atoms with Crippen LogP contribution in [0.3, 0.4) is 0 Å². The van der Waals surface area contributed by atoms with Gasteiger partial charge in [0.25, 0.3) is 0 Å². The van der Waals surface area contributed by atoms with Crippen LogP contribution in [0.25, 0.3) is 0 Å². The molecule has 0 aliphatic rings. The molecule has 0 aromatic heterocycles. The Morgan fingerprint density at radius 2 is 1.80 bits per heavy atom. The SMILES string of the molecule is N#CC(CBr)c1ccc(C(F)(F)F)cc1. The molecule has 0 fully saturated rings. The van der Waals surface area contributed by atoms with Gasteiger partial charge in [0, 0.05) is 5.33 Å². The van der Waals surface area contributed by atoms with Crippen molar-refractivity contribution in [3.05, 3.63) is 35.4 Å². The highest BCUT2D eigenvalue weighted by Crippen LogP contribution is 2.30. The number of nitrogens with zero attached hydrogens (tertiary/aromatic N) is 1. The van der Waals surface area contributed by atoms with Crippen LogP contribution in [0.2, 0.25) is 0 Å². The summed E-state index contributed by atoms with van der Waals surface area (Å²) < 4.78 is 36.6. The third-order valence-electron chi connectivity index (χ3n) is 1.95.